The van der Waals surface area contributed by atoms with Gasteiger partial charge in [-0.1, -0.05) is 30.3 Å². The van der Waals surface area contributed by atoms with Gasteiger partial charge in [-0.05, 0) is 38.0 Å². The molecule has 0 aromatic heterocycles. The summed E-state index contributed by atoms with van der Waals surface area (Å²) in [7, 11) is 0. The van der Waals surface area contributed by atoms with Gasteiger partial charge in [-0.3, -0.25) is 19.7 Å². The van der Waals surface area contributed by atoms with Gasteiger partial charge in [0.2, 0.25) is 0 Å². The van der Waals surface area contributed by atoms with Crippen LogP contribution in [0.2, 0.25) is 0 Å². The molecule has 27 heavy (non-hydrogen) atoms. The zero-order valence-corrected chi connectivity index (χ0v) is 15.1. The monoisotopic (exact) mass is 367 g/mol. The van der Waals surface area contributed by atoms with Gasteiger partial charge in [-0.25, -0.2) is 0 Å². The molecule has 0 atom stereocenters. The molecule has 1 N–H and O–H groups in total. The molecule has 1 heterocycles. The van der Waals surface area contributed by atoms with Crippen LogP contribution in [0.25, 0.3) is 0 Å². The highest BCUT2D eigenvalue weighted by Crippen LogP contribution is 2.25. The Kier molecular flexibility index (Phi) is 5.49. The van der Waals surface area contributed by atoms with Crippen LogP contribution >= 0.6 is 0 Å². The minimum Gasteiger partial charge on any atom is -0.349 e. The molecule has 0 spiro atoms. The summed E-state index contributed by atoms with van der Waals surface area (Å²) in [5.74, 6) is -0.465. The summed E-state index contributed by atoms with van der Waals surface area (Å²) in [5.41, 5.74) is 1.05. The van der Waals surface area contributed by atoms with Gasteiger partial charge in [-0.2, -0.15) is 0 Å². The number of nitro groups is 1. The van der Waals surface area contributed by atoms with Crippen LogP contribution in [-0.4, -0.2) is 40.8 Å². The van der Waals surface area contributed by atoms with Crippen LogP contribution in [0.5, 0.6) is 0 Å². The Hall–Kier alpha value is -3.22. The Labute approximate surface area is 157 Å². The quantitative estimate of drug-likeness (QED) is 0.664. The summed E-state index contributed by atoms with van der Waals surface area (Å²) in [6, 6.07) is 13.7. The van der Waals surface area contributed by atoms with Gasteiger partial charge in [0.05, 0.1) is 4.92 Å². The molecule has 0 aliphatic carbocycles. The maximum Gasteiger partial charge on any atom is 0.285 e. The molecule has 0 unspecified atom stereocenters. The van der Waals surface area contributed by atoms with Crippen LogP contribution in [-0.2, 0) is 0 Å². The molecule has 1 aliphatic rings. The minimum atomic E-state index is -0.505. The van der Waals surface area contributed by atoms with E-state index in [1.165, 1.54) is 6.07 Å². The second-order valence-electron chi connectivity index (χ2n) is 6.63. The van der Waals surface area contributed by atoms with Crippen molar-refractivity contribution in [3.05, 3.63) is 75.3 Å². The van der Waals surface area contributed by atoms with Crippen molar-refractivity contribution in [3.8, 4) is 0 Å². The first-order valence-electron chi connectivity index (χ1n) is 8.86. The van der Waals surface area contributed by atoms with Crippen LogP contribution in [0.1, 0.15) is 39.1 Å². The summed E-state index contributed by atoms with van der Waals surface area (Å²) in [4.78, 5) is 37.4. The Morgan fingerprint density at radius 3 is 2.37 bits per heavy atom. The summed E-state index contributed by atoms with van der Waals surface area (Å²) in [6.45, 7) is 2.52. The van der Waals surface area contributed by atoms with Crippen molar-refractivity contribution in [3.63, 3.8) is 0 Å². The van der Waals surface area contributed by atoms with E-state index in [-0.39, 0.29) is 29.1 Å². The van der Waals surface area contributed by atoms with Crippen LogP contribution in [0.3, 0.4) is 0 Å². The van der Waals surface area contributed by atoms with E-state index in [0.29, 0.717) is 37.1 Å². The Balaban J connectivity index is 1.63. The van der Waals surface area contributed by atoms with Crippen molar-refractivity contribution in [1.82, 2.24) is 10.2 Å². The van der Waals surface area contributed by atoms with Crippen LogP contribution in [0.4, 0.5) is 5.69 Å². The van der Waals surface area contributed by atoms with E-state index in [9.17, 15) is 19.7 Å². The van der Waals surface area contributed by atoms with E-state index in [2.05, 4.69) is 5.32 Å². The van der Waals surface area contributed by atoms with Crippen molar-refractivity contribution in [2.24, 2.45) is 0 Å². The number of para-hydroxylation sites is 1. The molecule has 140 valence electrons. The molecular formula is C20H21N3O4. The third-order valence-electron chi connectivity index (χ3n) is 4.80. The van der Waals surface area contributed by atoms with Gasteiger partial charge >= 0.3 is 0 Å². The maximum atomic E-state index is 12.8. The third-order valence-corrected chi connectivity index (χ3v) is 4.80. The molecule has 7 heteroatoms. The number of carbonyl (C=O) groups is 2. The lowest BCUT2D eigenvalue weighted by molar-refractivity contribution is -0.385. The Bertz CT molecular complexity index is 859. The van der Waals surface area contributed by atoms with E-state index in [1.54, 1.807) is 36.1 Å². The van der Waals surface area contributed by atoms with E-state index in [1.807, 2.05) is 18.2 Å². The average Bonchev–Trinajstić information content (AvgIpc) is 2.68. The number of hydrogen-bond donors (Lipinski definition) is 1. The predicted molar refractivity (Wildman–Crippen MR) is 101 cm³/mol. The zero-order chi connectivity index (χ0) is 19.4. The fraction of sp³-hybridized carbons (Fsp3) is 0.300. The normalized spacial score (nSPS) is 14.6. The number of rotatable bonds is 4. The first-order chi connectivity index (χ1) is 13.0. The lowest BCUT2D eigenvalue weighted by Crippen LogP contribution is -2.46. The molecule has 2 aromatic rings. The highest BCUT2D eigenvalue weighted by molar-refractivity contribution is 5.98. The predicted octanol–water partition coefficient (Wildman–Crippen LogP) is 2.94. The number of hydrogen-bond acceptors (Lipinski definition) is 4. The molecular weight excluding hydrogens is 346 g/mol. The smallest absolute Gasteiger partial charge is 0.285 e. The molecule has 1 fully saturated rings. The van der Waals surface area contributed by atoms with E-state index in [0.717, 1.165) is 0 Å². The number of nitrogens with one attached hydrogen (secondary N) is 1. The summed E-state index contributed by atoms with van der Waals surface area (Å²) < 4.78 is 0. The lowest BCUT2D eigenvalue weighted by atomic mass is 10.0. The molecule has 0 bridgehead atoms. The second-order valence-corrected chi connectivity index (χ2v) is 6.63. The van der Waals surface area contributed by atoms with Gasteiger partial charge < -0.3 is 10.2 Å². The lowest BCUT2D eigenvalue weighted by Gasteiger charge is -2.32. The first kappa shape index (κ1) is 18.6. The van der Waals surface area contributed by atoms with Crippen LogP contribution in [0, 0.1) is 17.0 Å². The Morgan fingerprint density at radius 2 is 1.74 bits per heavy atom. The zero-order valence-electron chi connectivity index (χ0n) is 15.1. The fourth-order valence-corrected chi connectivity index (χ4v) is 3.33. The number of carbonyl (C=O) groups excluding carboxylic acids is 2. The van der Waals surface area contributed by atoms with Crippen LogP contribution < -0.4 is 5.32 Å². The molecule has 1 aliphatic heterocycles. The van der Waals surface area contributed by atoms with Gasteiger partial charge in [0.15, 0.2) is 0 Å². The number of nitrogens with zero attached hydrogens (tertiary/aromatic N) is 2. The number of amides is 2. The summed E-state index contributed by atoms with van der Waals surface area (Å²) in [5, 5.41) is 14.3. The minimum absolute atomic E-state index is 0.0192. The van der Waals surface area contributed by atoms with Gasteiger partial charge in [0.1, 0.15) is 5.56 Å². The van der Waals surface area contributed by atoms with Crippen molar-refractivity contribution < 1.29 is 14.5 Å². The second kappa shape index (κ2) is 7.99. The number of piperidine rings is 1. The SMILES string of the molecule is Cc1cccc(C(=O)N2CCC(NC(=O)c3ccccc3)CC2)c1[N+](=O)[O-]. The van der Waals surface area contributed by atoms with Crippen molar-refractivity contribution in [2.75, 3.05) is 13.1 Å². The van der Waals surface area contributed by atoms with Gasteiger partial charge in [-0.15, -0.1) is 0 Å². The molecule has 0 radical (unpaired) electrons. The Morgan fingerprint density at radius 1 is 1.07 bits per heavy atom. The number of nitro benzene ring substituents is 1. The first-order valence-corrected chi connectivity index (χ1v) is 8.86. The number of likely N-dealkylation sites (tertiary alicyclic amines) is 1. The molecule has 2 amide bonds. The highest BCUT2D eigenvalue weighted by atomic mass is 16.6. The average molecular weight is 367 g/mol. The number of aryl methyl sites for hydroxylation is 1. The maximum absolute atomic E-state index is 12.8. The van der Waals surface area contributed by atoms with E-state index >= 15 is 0 Å². The van der Waals surface area contributed by atoms with Gasteiger partial charge in [0.25, 0.3) is 17.5 Å². The fourth-order valence-electron chi connectivity index (χ4n) is 3.33. The van der Waals surface area contributed by atoms with Gasteiger partial charge in [0, 0.05) is 30.3 Å². The summed E-state index contributed by atoms with van der Waals surface area (Å²) in [6.07, 6.45) is 1.23. The van der Waals surface area contributed by atoms with E-state index in [4.69, 9.17) is 0 Å². The largest absolute Gasteiger partial charge is 0.349 e. The topological polar surface area (TPSA) is 92.6 Å². The highest BCUT2D eigenvalue weighted by Gasteiger charge is 2.29. The molecule has 7 nitrogen and oxygen atoms in total. The van der Waals surface area contributed by atoms with E-state index < -0.39 is 4.92 Å². The van der Waals surface area contributed by atoms with Crippen molar-refractivity contribution in [2.45, 2.75) is 25.8 Å². The molecule has 3 rings (SSSR count). The summed E-state index contributed by atoms with van der Waals surface area (Å²) >= 11 is 0. The molecule has 2 aromatic carbocycles. The molecule has 0 saturated carbocycles. The van der Waals surface area contributed by atoms with Crippen molar-refractivity contribution in [1.29, 1.82) is 0 Å². The molecule has 1 saturated heterocycles. The third kappa shape index (κ3) is 4.13. The standard InChI is InChI=1S/C20H21N3O4/c1-14-6-5-9-17(18(14)23(26)27)20(25)22-12-10-16(11-13-22)21-19(24)15-7-3-2-4-8-15/h2-9,16H,10-13H2,1H3,(H,21,24). The number of benzene rings is 2. The van der Waals surface area contributed by atoms with Crippen LogP contribution in [0.15, 0.2) is 48.5 Å². The van der Waals surface area contributed by atoms with Crippen molar-refractivity contribution >= 4 is 17.5 Å².